The minimum Gasteiger partial charge on any atom is -0.478 e. The lowest BCUT2D eigenvalue weighted by atomic mass is 10.1. The van der Waals surface area contributed by atoms with Gasteiger partial charge in [0.2, 0.25) is 0 Å². The van der Waals surface area contributed by atoms with Crippen LogP contribution in [0.3, 0.4) is 0 Å². The number of carboxylic acid groups (broad SMARTS) is 2. The fourth-order valence-electron chi connectivity index (χ4n) is 3.09. The Hall–Kier alpha value is -3.73. The summed E-state index contributed by atoms with van der Waals surface area (Å²) >= 11 is 1.27. The molecule has 0 bridgehead atoms. The highest BCUT2D eigenvalue weighted by molar-refractivity contribution is 7.99. The number of rotatable bonds is 13. The molecule has 0 atom stereocenters. The maximum atomic E-state index is 11.3. The maximum Gasteiger partial charge on any atom is 0.335 e. The van der Waals surface area contributed by atoms with Crippen LogP contribution in [0.2, 0.25) is 0 Å². The molecule has 2 aromatic rings. The maximum absolute atomic E-state index is 11.3. The summed E-state index contributed by atoms with van der Waals surface area (Å²) in [7, 11) is 0. The molecular weight excluding hydrogens is 476 g/mol. The molecule has 3 N–H and O–H groups in total. The second-order valence-corrected chi connectivity index (χ2v) is 8.54. The number of carbonyl (C=O) groups is 4. The number of hydrogen-bond acceptors (Lipinski definition) is 9. The molecule has 0 spiro atoms. The number of anilines is 2. The summed E-state index contributed by atoms with van der Waals surface area (Å²) in [6, 6.07) is 9.71. The van der Waals surface area contributed by atoms with Gasteiger partial charge in [-0.05, 0) is 42.8 Å². The van der Waals surface area contributed by atoms with Crippen molar-refractivity contribution in [2.45, 2.75) is 25.7 Å². The molecule has 0 saturated heterocycles. The largest absolute Gasteiger partial charge is 0.478 e. The van der Waals surface area contributed by atoms with E-state index in [2.05, 4.69) is 5.32 Å². The van der Waals surface area contributed by atoms with Gasteiger partial charge in [-0.2, -0.15) is 0 Å². The van der Waals surface area contributed by atoms with E-state index in [0.29, 0.717) is 23.9 Å². The second-order valence-electron chi connectivity index (χ2n) is 7.49. The number of nitrogens with one attached hydrogen (secondary N) is 1. The minimum atomic E-state index is -1.20. The lowest BCUT2D eigenvalue weighted by molar-refractivity contribution is -0.141. The lowest BCUT2D eigenvalue weighted by Gasteiger charge is -2.25. The third-order valence-electron chi connectivity index (χ3n) is 4.82. The molecule has 0 saturated carbocycles. The molecule has 0 unspecified atom stereocenters. The number of aryl methyl sites for hydroxylation is 1. The van der Waals surface area contributed by atoms with Crippen LogP contribution in [0.1, 0.15) is 40.1 Å². The molecule has 2 aromatic carbocycles. The third kappa shape index (κ3) is 9.20. The van der Waals surface area contributed by atoms with Gasteiger partial charge in [-0.1, -0.05) is 6.07 Å². The van der Waals surface area contributed by atoms with Gasteiger partial charge in [-0.3, -0.25) is 9.59 Å². The SMILES string of the molecule is CC(=O)OCCN(CCOC(C)=O)c1ccc(C)c(NCSc2cc(C(=O)O)cc(C(=O)O)c2)c1. The number of hydrogen-bond donors (Lipinski definition) is 3. The Labute approximate surface area is 207 Å². The van der Waals surface area contributed by atoms with Gasteiger partial charge in [-0.15, -0.1) is 11.8 Å². The van der Waals surface area contributed by atoms with E-state index in [9.17, 15) is 29.4 Å². The van der Waals surface area contributed by atoms with Gasteiger partial charge in [0.15, 0.2) is 0 Å². The highest BCUT2D eigenvalue weighted by atomic mass is 32.2. The number of thioether (sulfide) groups is 1. The van der Waals surface area contributed by atoms with Gasteiger partial charge in [0, 0.05) is 30.1 Å². The first-order valence-electron chi connectivity index (χ1n) is 10.7. The lowest BCUT2D eigenvalue weighted by Crippen LogP contribution is -2.32. The number of benzene rings is 2. The molecule has 0 heterocycles. The average Bonchev–Trinajstić information content (AvgIpc) is 2.78. The molecule has 0 aliphatic carbocycles. The van der Waals surface area contributed by atoms with Crippen LogP contribution in [0.5, 0.6) is 0 Å². The van der Waals surface area contributed by atoms with Crippen molar-refractivity contribution in [1.82, 2.24) is 0 Å². The van der Waals surface area contributed by atoms with Crippen molar-refractivity contribution in [2.24, 2.45) is 0 Å². The molecule has 0 radical (unpaired) electrons. The number of ether oxygens (including phenoxy) is 2. The van der Waals surface area contributed by atoms with E-state index in [1.54, 1.807) is 0 Å². The van der Waals surface area contributed by atoms with E-state index >= 15 is 0 Å². The first kappa shape index (κ1) is 27.5. The minimum absolute atomic E-state index is 0.0956. The summed E-state index contributed by atoms with van der Waals surface area (Å²) in [6.45, 7) is 5.74. The predicted octanol–water partition coefficient (Wildman–Crippen LogP) is 3.49. The van der Waals surface area contributed by atoms with Gasteiger partial charge in [0.1, 0.15) is 13.2 Å². The molecule has 0 aliphatic heterocycles. The molecule has 11 heteroatoms. The monoisotopic (exact) mass is 504 g/mol. The topological polar surface area (TPSA) is 142 Å². The predicted molar refractivity (Wildman–Crippen MR) is 131 cm³/mol. The summed E-state index contributed by atoms with van der Waals surface area (Å²) in [6.07, 6.45) is 0. The molecule has 35 heavy (non-hydrogen) atoms. The van der Waals surface area contributed by atoms with Gasteiger partial charge >= 0.3 is 23.9 Å². The Kier molecular flexibility index (Phi) is 10.4. The number of aromatic carboxylic acids is 2. The van der Waals surface area contributed by atoms with E-state index in [0.717, 1.165) is 23.0 Å². The van der Waals surface area contributed by atoms with Crippen LogP contribution in [-0.2, 0) is 19.1 Å². The quantitative estimate of drug-likeness (QED) is 0.210. The zero-order chi connectivity index (χ0) is 26.0. The van der Waals surface area contributed by atoms with Crippen LogP contribution in [0, 0.1) is 6.92 Å². The van der Waals surface area contributed by atoms with E-state index < -0.39 is 11.9 Å². The summed E-state index contributed by atoms with van der Waals surface area (Å²) in [5.74, 6) is -2.81. The van der Waals surface area contributed by atoms with Gasteiger partial charge in [0.25, 0.3) is 0 Å². The van der Waals surface area contributed by atoms with Crippen molar-refractivity contribution in [1.29, 1.82) is 0 Å². The van der Waals surface area contributed by atoms with Crippen molar-refractivity contribution in [3.05, 3.63) is 53.1 Å². The van der Waals surface area contributed by atoms with Crippen molar-refractivity contribution >= 4 is 47.0 Å². The van der Waals surface area contributed by atoms with E-state index in [-0.39, 0.29) is 36.3 Å². The Morgan fingerprint density at radius 2 is 1.43 bits per heavy atom. The summed E-state index contributed by atoms with van der Waals surface area (Å²) < 4.78 is 10.1. The highest BCUT2D eigenvalue weighted by Gasteiger charge is 2.13. The van der Waals surface area contributed by atoms with Crippen molar-refractivity contribution in [3.63, 3.8) is 0 Å². The van der Waals surface area contributed by atoms with Crippen molar-refractivity contribution in [3.8, 4) is 0 Å². The summed E-state index contributed by atoms with van der Waals surface area (Å²) in [4.78, 5) is 47.3. The van der Waals surface area contributed by atoms with Gasteiger partial charge in [-0.25, -0.2) is 9.59 Å². The Balaban J connectivity index is 2.13. The standard InChI is InChI=1S/C24H28N2O8S/c1-15-4-5-20(26(6-8-33-16(2)27)7-9-34-17(3)28)13-22(15)25-14-35-21-11-18(23(29)30)10-19(12-21)24(31)32/h4-5,10-13,25H,6-9,14H2,1-3H3,(H,29,30)(H,31,32). The van der Waals surface area contributed by atoms with Crippen LogP contribution in [-0.4, -0.2) is 66.3 Å². The van der Waals surface area contributed by atoms with Crippen molar-refractivity contribution in [2.75, 3.05) is 42.4 Å². The number of esters is 2. The second kappa shape index (κ2) is 13.2. The number of nitrogens with zero attached hydrogens (tertiary/aromatic N) is 1. The first-order valence-corrected chi connectivity index (χ1v) is 11.7. The average molecular weight is 505 g/mol. The van der Waals surface area contributed by atoms with E-state index in [1.807, 2.05) is 30.0 Å². The van der Waals surface area contributed by atoms with Crippen LogP contribution in [0.4, 0.5) is 11.4 Å². The molecule has 0 aliphatic rings. The van der Waals surface area contributed by atoms with Gasteiger partial charge in [0.05, 0.1) is 30.1 Å². The molecule has 2 rings (SSSR count). The number of carbonyl (C=O) groups excluding carboxylic acids is 2. The molecule has 0 fully saturated rings. The molecular formula is C24H28N2O8S. The fraction of sp³-hybridized carbons (Fsp3) is 0.333. The summed E-state index contributed by atoms with van der Waals surface area (Å²) in [5.41, 5.74) is 2.40. The van der Waals surface area contributed by atoms with Crippen LogP contribution >= 0.6 is 11.8 Å². The Bertz CT molecular complexity index is 1040. The van der Waals surface area contributed by atoms with E-state index in [4.69, 9.17) is 9.47 Å². The molecule has 0 amide bonds. The fourth-order valence-corrected chi connectivity index (χ4v) is 3.91. The first-order chi connectivity index (χ1) is 16.6. The Morgan fingerprint density at radius 1 is 0.886 bits per heavy atom. The molecule has 10 nitrogen and oxygen atoms in total. The summed E-state index contributed by atoms with van der Waals surface area (Å²) in [5, 5.41) is 21.8. The highest BCUT2D eigenvalue weighted by Crippen LogP contribution is 2.26. The van der Waals surface area contributed by atoms with Gasteiger partial charge < -0.3 is 29.9 Å². The smallest absolute Gasteiger partial charge is 0.335 e. The van der Waals surface area contributed by atoms with Crippen LogP contribution in [0.25, 0.3) is 0 Å². The zero-order valence-corrected chi connectivity index (χ0v) is 20.5. The molecule has 188 valence electrons. The normalized spacial score (nSPS) is 10.4. The zero-order valence-electron chi connectivity index (χ0n) is 19.7. The van der Waals surface area contributed by atoms with Crippen molar-refractivity contribution < 1.29 is 38.9 Å². The van der Waals surface area contributed by atoms with Crippen LogP contribution < -0.4 is 10.2 Å². The molecule has 0 aromatic heterocycles. The van der Waals surface area contributed by atoms with Crippen LogP contribution in [0.15, 0.2) is 41.3 Å². The van der Waals surface area contributed by atoms with E-state index in [1.165, 1.54) is 37.7 Å². The number of carboxylic acids is 2. The third-order valence-corrected chi connectivity index (χ3v) is 5.68. The Morgan fingerprint density at radius 3 is 1.91 bits per heavy atom.